The Kier molecular flexibility index (Phi) is 9.95. The molecule has 222 valence electrons. The number of carbonyl (C=O) groups is 1. The molecule has 7 heteroatoms. The third-order valence-electron chi connectivity index (χ3n) is 8.34. The number of hydrogen-bond acceptors (Lipinski definition) is 3. The molecule has 1 heterocycles. The second kappa shape index (κ2) is 13.3. The average molecular weight is 631 g/mol. The van der Waals surface area contributed by atoms with Crippen LogP contribution in [0, 0.1) is 0 Å². The van der Waals surface area contributed by atoms with Crippen LogP contribution in [0.3, 0.4) is 0 Å². The molecule has 0 aliphatic heterocycles. The van der Waals surface area contributed by atoms with Gasteiger partial charge in [0.25, 0.3) is 5.91 Å². The molecule has 4 aromatic carbocycles. The van der Waals surface area contributed by atoms with Crippen molar-refractivity contribution >= 4 is 44.2 Å². The number of hydrogen-bond donors (Lipinski definition) is 0. The van der Waals surface area contributed by atoms with Crippen molar-refractivity contribution in [2.75, 3.05) is 59.3 Å². The maximum atomic E-state index is 12.8. The zero-order valence-corrected chi connectivity index (χ0v) is 27.5. The molecule has 5 aromatic rings. The summed E-state index contributed by atoms with van der Waals surface area (Å²) >= 11 is 0. The number of aryl methyl sites for hydroxylation is 1. The van der Waals surface area contributed by atoms with E-state index in [-0.39, 0.29) is 22.9 Å². The number of benzene rings is 4. The molecular weight excluding hydrogens is 586 g/mol. The van der Waals surface area contributed by atoms with E-state index < -0.39 is 0 Å². The Morgan fingerprint density at radius 1 is 0.810 bits per heavy atom. The van der Waals surface area contributed by atoms with Crippen LogP contribution in [0.1, 0.15) is 26.7 Å². The zero-order valence-electron chi connectivity index (χ0n) is 25.9. The van der Waals surface area contributed by atoms with Gasteiger partial charge in [0.2, 0.25) is 0 Å². The van der Waals surface area contributed by atoms with Crippen molar-refractivity contribution in [1.82, 2.24) is 14.5 Å². The van der Waals surface area contributed by atoms with Crippen LogP contribution in [0.2, 0.25) is 0 Å². The topological polar surface area (TPSA) is 41.4 Å². The predicted molar refractivity (Wildman–Crippen MR) is 174 cm³/mol. The van der Waals surface area contributed by atoms with Gasteiger partial charge >= 0.3 is 0 Å². The van der Waals surface area contributed by atoms with E-state index in [0.29, 0.717) is 11.0 Å². The van der Waals surface area contributed by atoms with Crippen molar-refractivity contribution in [1.29, 1.82) is 0 Å². The molecule has 0 aliphatic carbocycles. The van der Waals surface area contributed by atoms with E-state index in [4.69, 9.17) is 4.98 Å². The predicted octanol–water partition coefficient (Wildman–Crippen LogP) is 3.80. The number of aromatic nitrogens is 2. The van der Waals surface area contributed by atoms with Crippen molar-refractivity contribution in [3.8, 4) is 11.4 Å². The molecule has 1 aromatic heterocycles. The highest BCUT2D eigenvalue weighted by Crippen LogP contribution is 2.37. The number of imidazole rings is 1. The van der Waals surface area contributed by atoms with Crippen molar-refractivity contribution in [2.45, 2.75) is 33.2 Å². The molecule has 0 saturated carbocycles. The zero-order chi connectivity index (χ0) is 29.1. The lowest BCUT2D eigenvalue weighted by atomic mass is 10.00. The van der Waals surface area contributed by atoms with Gasteiger partial charge in [0, 0.05) is 55.8 Å². The Bertz CT molecular complexity index is 1670. The summed E-state index contributed by atoms with van der Waals surface area (Å²) in [6.07, 6.45) is 2.04. The van der Waals surface area contributed by atoms with Gasteiger partial charge in [-0.15, -0.1) is 0 Å². The summed E-state index contributed by atoms with van der Waals surface area (Å²) in [6.45, 7) is 8.00. The lowest BCUT2D eigenvalue weighted by Gasteiger charge is -2.31. The van der Waals surface area contributed by atoms with Crippen LogP contribution in [0.25, 0.3) is 44.0 Å². The van der Waals surface area contributed by atoms with Crippen molar-refractivity contribution in [3.63, 3.8) is 0 Å². The molecule has 0 N–H and O–H groups in total. The second-order valence-corrected chi connectivity index (χ2v) is 11.9. The van der Waals surface area contributed by atoms with E-state index in [1.54, 1.807) is 0 Å². The quantitative estimate of drug-likeness (QED) is 0.127. The van der Waals surface area contributed by atoms with E-state index in [9.17, 15) is 4.79 Å². The molecule has 0 fully saturated rings. The van der Waals surface area contributed by atoms with Crippen LogP contribution in [0.4, 0.5) is 5.69 Å². The summed E-state index contributed by atoms with van der Waals surface area (Å²) < 4.78 is 3.14. The number of amides is 1. The first kappa shape index (κ1) is 31.5. The van der Waals surface area contributed by atoms with Gasteiger partial charge in [0.15, 0.2) is 6.54 Å². The van der Waals surface area contributed by atoms with Crippen molar-refractivity contribution in [2.24, 2.45) is 0 Å². The molecule has 0 unspecified atom stereocenters. The molecule has 0 aliphatic rings. The van der Waals surface area contributed by atoms with Gasteiger partial charge in [0.1, 0.15) is 5.82 Å². The third kappa shape index (κ3) is 6.32. The van der Waals surface area contributed by atoms with Gasteiger partial charge in [-0.25, -0.2) is 4.98 Å². The Hall–Kier alpha value is -3.42. The molecule has 6 nitrogen and oxygen atoms in total. The average Bonchev–Trinajstić information content (AvgIpc) is 3.36. The Morgan fingerprint density at radius 2 is 1.38 bits per heavy atom. The molecule has 0 radical (unpaired) electrons. The Morgan fingerprint density at radius 3 is 1.98 bits per heavy atom. The van der Waals surface area contributed by atoms with Crippen LogP contribution in [-0.2, 0) is 11.3 Å². The SMILES string of the molecule is CCN(CC)C(=O)C[N+](C)(C)CCCCn1c(-c2ccc(N(C)C)cc2)nc2c3ccccc3c3ccccc3c21.[Br-]. The maximum absolute atomic E-state index is 12.8. The number of anilines is 1. The van der Waals surface area contributed by atoms with E-state index in [1.165, 1.54) is 32.7 Å². The molecule has 1 amide bonds. The Labute approximate surface area is 260 Å². The van der Waals surface area contributed by atoms with Gasteiger partial charge in [-0.1, -0.05) is 48.5 Å². The first-order valence-corrected chi connectivity index (χ1v) is 14.9. The second-order valence-electron chi connectivity index (χ2n) is 11.9. The molecule has 5 rings (SSSR count). The first-order valence-electron chi connectivity index (χ1n) is 14.9. The van der Waals surface area contributed by atoms with Gasteiger partial charge in [0.05, 0.1) is 31.7 Å². The van der Waals surface area contributed by atoms with Gasteiger partial charge < -0.3 is 35.8 Å². The van der Waals surface area contributed by atoms with Crippen LogP contribution >= 0.6 is 0 Å². The fourth-order valence-electron chi connectivity index (χ4n) is 6.04. The van der Waals surface area contributed by atoms with Crippen LogP contribution in [0.15, 0.2) is 72.8 Å². The fourth-order valence-corrected chi connectivity index (χ4v) is 6.04. The molecule has 0 bridgehead atoms. The van der Waals surface area contributed by atoms with Gasteiger partial charge in [-0.05, 0) is 61.7 Å². The smallest absolute Gasteiger partial charge is 0.277 e. The van der Waals surface area contributed by atoms with Gasteiger partial charge in [-0.2, -0.15) is 0 Å². The summed E-state index contributed by atoms with van der Waals surface area (Å²) in [4.78, 5) is 22.2. The molecule has 42 heavy (non-hydrogen) atoms. The van der Waals surface area contributed by atoms with Crippen LogP contribution < -0.4 is 21.9 Å². The molecule has 0 atom stereocenters. The highest BCUT2D eigenvalue weighted by Gasteiger charge is 2.23. The van der Waals surface area contributed by atoms with E-state index >= 15 is 0 Å². The number of likely N-dealkylation sites (N-methyl/N-ethyl adjacent to an activating group) is 2. The fraction of sp³-hybridized carbons (Fsp3) is 0.371. The number of unbranched alkanes of at least 4 members (excludes halogenated alkanes) is 1. The minimum absolute atomic E-state index is 0. The first-order chi connectivity index (χ1) is 19.7. The van der Waals surface area contributed by atoms with Crippen molar-refractivity contribution < 1.29 is 26.3 Å². The minimum Gasteiger partial charge on any atom is -1.00 e. The molecule has 0 spiro atoms. The summed E-state index contributed by atoms with van der Waals surface area (Å²) in [5.74, 6) is 1.25. The number of fused-ring (bicyclic) bond motifs is 6. The number of carbonyl (C=O) groups excluding carboxylic acids is 1. The molecular formula is C35H44BrN5O. The monoisotopic (exact) mass is 629 g/mol. The van der Waals surface area contributed by atoms with Crippen LogP contribution in [0.5, 0.6) is 0 Å². The summed E-state index contributed by atoms with van der Waals surface area (Å²) in [5, 5.41) is 4.94. The van der Waals surface area contributed by atoms with Crippen molar-refractivity contribution in [3.05, 3.63) is 72.8 Å². The normalized spacial score (nSPS) is 11.7. The standard InChI is InChI=1S/C35H44N5O.BrH/c1-7-38(8-2)32(41)25-40(5,6)24-14-13-23-39-34-31-18-12-10-16-29(31)28-15-9-11-17-30(28)33(34)36-35(39)26-19-21-27(22-20-26)37(3)4;/h9-12,15-22H,7-8,13-14,23-25H2,1-6H3;1H/q+1;/p-1. The maximum Gasteiger partial charge on any atom is 0.277 e. The number of rotatable bonds is 11. The third-order valence-corrected chi connectivity index (χ3v) is 8.34. The summed E-state index contributed by atoms with van der Waals surface area (Å²) in [5.41, 5.74) is 4.57. The van der Waals surface area contributed by atoms with E-state index in [1.807, 2.05) is 4.90 Å². The lowest BCUT2D eigenvalue weighted by Crippen LogP contribution is -3.00. The van der Waals surface area contributed by atoms with Gasteiger partial charge in [-0.3, -0.25) is 4.79 Å². The van der Waals surface area contributed by atoms with E-state index in [2.05, 4.69) is 124 Å². The number of nitrogens with zero attached hydrogens (tertiary/aromatic N) is 5. The minimum atomic E-state index is 0. The highest BCUT2D eigenvalue weighted by molar-refractivity contribution is 6.23. The number of halogens is 1. The largest absolute Gasteiger partial charge is 1.00 e. The molecule has 0 saturated heterocycles. The lowest BCUT2D eigenvalue weighted by molar-refractivity contribution is -0.883. The Balaban J connectivity index is 0.00000405. The summed E-state index contributed by atoms with van der Waals surface area (Å²) in [6, 6.07) is 26.1. The van der Waals surface area contributed by atoms with Crippen LogP contribution in [-0.4, -0.2) is 79.2 Å². The van der Waals surface area contributed by atoms with E-state index in [0.717, 1.165) is 55.9 Å². The highest BCUT2D eigenvalue weighted by atomic mass is 79.9. The summed E-state index contributed by atoms with van der Waals surface area (Å²) in [7, 11) is 8.48. The number of quaternary nitrogens is 1.